The van der Waals surface area contributed by atoms with Gasteiger partial charge in [-0.3, -0.25) is 9.69 Å². The van der Waals surface area contributed by atoms with Gasteiger partial charge < -0.3 is 10.1 Å². The minimum Gasteiger partial charge on any atom is -0.497 e. The van der Waals surface area contributed by atoms with Crippen molar-refractivity contribution in [3.05, 3.63) is 29.8 Å². The molecule has 5 nitrogen and oxygen atoms in total. The summed E-state index contributed by atoms with van der Waals surface area (Å²) in [7, 11) is 1.63. The lowest BCUT2D eigenvalue weighted by Crippen LogP contribution is -2.61. The number of benzene rings is 1. The number of piperazine rings is 1. The van der Waals surface area contributed by atoms with E-state index in [1.165, 1.54) is 44.3 Å². The molecule has 1 saturated carbocycles. The van der Waals surface area contributed by atoms with E-state index in [1.807, 2.05) is 36.2 Å². The first-order chi connectivity index (χ1) is 13.7. The maximum Gasteiger partial charge on any atom is 0.251 e. The quantitative estimate of drug-likeness (QED) is 0.667. The van der Waals surface area contributed by atoms with Gasteiger partial charge in [0.1, 0.15) is 5.75 Å². The number of ether oxygens (including phenoxy) is 1. The summed E-state index contributed by atoms with van der Waals surface area (Å²) >= 11 is 1.99. The summed E-state index contributed by atoms with van der Waals surface area (Å²) in [6.07, 6.45) is 7.45. The number of carbonyl (C=O) groups is 1. The normalized spacial score (nSPS) is 20.6. The Morgan fingerprint density at radius 2 is 1.93 bits per heavy atom. The van der Waals surface area contributed by atoms with Gasteiger partial charge in [0.15, 0.2) is 0 Å². The fourth-order valence-electron chi connectivity index (χ4n) is 4.44. The van der Waals surface area contributed by atoms with Gasteiger partial charge in [0.2, 0.25) is 0 Å². The van der Waals surface area contributed by atoms with E-state index in [4.69, 9.17) is 4.74 Å². The fraction of sp³-hybridized carbons (Fsp3) is 0.682. The molecule has 0 radical (unpaired) electrons. The zero-order chi connectivity index (χ0) is 19.8. The molecule has 1 aromatic carbocycles. The second kappa shape index (κ2) is 10.5. The summed E-state index contributed by atoms with van der Waals surface area (Å²) in [5.74, 6) is 1.93. The molecule has 156 valence electrons. The van der Waals surface area contributed by atoms with Crippen LogP contribution >= 0.6 is 11.9 Å². The largest absolute Gasteiger partial charge is 0.497 e. The van der Waals surface area contributed by atoms with Crippen LogP contribution in [0.3, 0.4) is 0 Å². The van der Waals surface area contributed by atoms with Crippen molar-refractivity contribution in [3.8, 4) is 5.75 Å². The molecule has 2 aliphatic rings. The van der Waals surface area contributed by atoms with Crippen LogP contribution in [0.1, 0.15) is 55.8 Å². The second-order valence-corrected chi connectivity index (χ2v) is 9.13. The van der Waals surface area contributed by atoms with Crippen molar-refractivity contribution in [1.29, 1.82) is 0 Å². The first-order valence-corrected chi connectivity index (χ1v) is 11.7. The number of hydrogen-bond acceptors (Lipinski definition) is 5. The average molecular weight is 406 g/mol. The third kappa shape index (κ3) is 5.43. The number of amides is 1. The Labute approximate surface area is 174 Å². The molecule has 1 heterocycles. The Balaban J connectivity index is 1.61. The van der Waals surface area contributed by atoms with Crippen LogP contribution in [0, 0.1) is 0 Å². The lowest BCUT2D eigenvalue weighted by Gasteiger charge is -2.49. The van der Waals surface area contributed by atoms with E-state index in [9.17, 15) is 4.79 Å². The van der Waals surface area contributed by atoms with Gasteiger partial charge in [-0.25, -0.2) is 4.31 Å². The van der Waals surface area contributed by atoms with Gasteiger partial charge in [-0.05, 0) is 37.5 Å². The number of hydrogen-bond donors (Lipinski definition) is 1. The maximum absolute atomic E-state index is 12.8. The van der Waals surface area contributed by atoms with Crippen LogP contribution in [0.5, 0.6) is 5.75 Å². The molecule has 0 atom stereocenters. The molecule has 0 unspecified atom stereocenters. The second-order valence-electron chi connectivity index (χ2n) is 7.95. The lowest BCUT2D eigenvalue weighted by atomic mass is 9.79. The number of carbonyl (C=O) groups excluding carboxylic acids is 1. The average Bonchev–Trinajstić information content (AvgIpc) is 2.77. The van der Waals surface area contributed by atoms with Crippen LogP contribution < -0.4 is 10.1 Å². The SMILES string of the molecule is CCCSN1CCN(C2(CNC(=O)c3cccc(OC)c3)CCCCC2)CC1. The smallest absolute Gasteiger partial charge is 0.251 e. The van der Waals surface area contributed by atoms with Gasteiger partial charge in [0.25, 0.3) is 5.91 Å². The van der Waals surface area contributed by atoms with Gasteiger partial charge in [-0.1, -0.05) is 44.2 Å². The zero-order valence-corrected chi connectivity index (χ0v) is 18.2. The number of nitrogens with one attached hydrogen (secondary N) is 1. The summed E-state index contributed by atoms with van der Waals surface area (Å²) in [5, 5.41) is 3.25. The van der Waals surface area contributed by atoms with Crippen molar-refractivity contribution < 1.29 is 9.53 Å². The van der Waals surface area contributed by atoms with Crippen molar-refractivity contribution >= 4 is 17.9 Å². The van der Waals surface area contributed by atoms with Crippen LogP contribution in [-0.4, -0.2) is 66.2 Å². The van der Waals surface area contributed by atoms with Gasteiger partial charge >= 0.3 is 0 Å². The molecular weight excluding hydrogens is 370 g/mol. The van der Waals surface area contributed by atoms with E-state index >= 15 is 0 Å². The van der Waals surface area contributed by atoms with Crippen LogP contribution in [0.25, 0.3) is 0 Å². The Kier molecular flexibility index (Phi) is 8.06. The zero-order valence-electron chi connectivity index (χ0n) is 17.4. The van der Waals surface area contributed by atoms with E-state index in [0.29, 0.717) is 5.56 Å². The highest BCUT2D eigenvalue weighted by atomic mass is 32.2. The molecule has 2 fully saturated rings. The standard InChI is InChI=1S/C22H35N3O2S/c1-3-16-28-25-14-12-24(13-15-25)22(10-5-4-6-11-22)18-23-21(26)19-8-7-9-20(17-19)27-2/h7-9,17H,3-6,10-16,18H2,1-2H3,(H,23,26). The van der Waals surface area contributed by atoms with Crippen LogP contribution in [0.15, 0.2) is 24.3 Å². The molecule has 1 amide bonds. The predicted octanol–water partition coefficient (Wildman–Crippen LogP) is 3.80. The molecule has 1 N–H and O–H groups in total. The van der Waals surface area contributed by atoms with E-state index in [-0.39, 0.29) is 11.4 Å². The Hall–Kier alpha value is -1.24. The molecule has 28 heavy (non-hydrogen) atoms. The summed E-state index contributed by atoms with van der Waals surface area (Å²) in [6, 6.07) is 7.41. The van der Waals surface area contributed by atoms with Crippen LogP contribution in [-0.2, 0) is 0 Å². The van der Waals surface area contributed by atoms with Crippen molar-refractivity contribution in [3.63, 3.8) is 0 Å². The van der Waals surface area contributed by atoms with E-state index < -0.39 is 0 Å². The summed E-state index contributed by atoms with van der Waals surface area (Å²) < 4.78 is 7.78. The third-order valence-electron chi connectivity index (χ3n) is 6.08. The Morgan fingerprint density at radius 3 is 2.61 bits per heavy atom. The van der Waals surface area contributed by atoms with Gasteiger partial charge in [0.05, 0.1) is 7.11 Å². The minimum atomic E-state index is 0.000913. The molecule has 0 bridgehead atoms. The maximum atomic E-state index is 12.8. The van der Waals surface area contributed by atoms with Crippen LogP contribution in [0.2, 0.25) is 0 Å². The van der Waals surface area contributed by atoms with Gasteiger partial charge in [0, 0.05) is 49.6 Å². The van der Waals surface area contributed by atoms with Crippen LogP contribution in [0.4, 0.5) is 0 Å². The predicted molar refractivity (Wildman–Crippen MR) is 117 cm³/mol. The fourth-order valence-corrected chi connectivity index (χ4v) is 5.30. The first-order valence-electron chi connectivity index (χ1n) is 10.7. The molecule has 0 spiro atoms. The van der Waals surface area contributed by atoms with E-state index in [2.05, 4.69) is 21.4 Å². The topological polar surface area (TPSA) is 44.8 Å². The number of methoxy groups -OCH3 is 1. The van der Waals surface area contributed by atoms with Crippen molar-refractivity contribution in [2.75, 3.05) is 45.6 Å². The Morgan fingerprint density at radius 1 is 1.18 bits per heavy atom. The summed E-state index contributed by atoms with van der Waals surface area (Å²) in [4.78, 5) is 15.4. The Bertz CT molecular complexity index is 626. The van der Waals surface area contributed by atoms with E-state index in [0.717, 1.165) is 38.5 Å². The molecule has 1 aromatic rings. The molecule has 1 aliphatic heterocycles. The van der Waals surface area contributed by atoms with Crippen molar-refractivity contribution in [2.24, 2.45) is 0 Å². The lowest BCUT2D eigenvalue weighted by molar-refractivity contribution is 0.0256. The molecule has 1 saturated heterocycles. The summed E-state index contributed by atoms with van der Waals surface area (Å²) in [6.45, 7) is 7.43. The van der Waals surface area contributed by atoms with Gasteiger partial charge in [-0.15, -0.1) is 0 Å². The monoisotopic (exact) mass is 405 g/mol. The molecule has 3 rings (SSSR count). The number of rotatable bonds is 8. The number of nitrogens with zero attached hydrogens (tertiary/aromatic N) is 2. The summed E-state index contributed by atoms with van der Waals surface area (Å²) in [5.41, 5.74) is 0.792. The molecular formula is C22H35N3O2S. The highest BCUT2D eigenvalue weighted by Crippen LogP contribution is 2.34. The van der Waals surface area contributed by atoms with Crippen molar-refractivity contribution in [1.82, 2.24) is 14.5 Å². The first kappa shape index (κ1) is 21.5. The third-order valence-corrected chi connectivity index (χ3v) is 7.40. The van der Waals surface area contributed by atoms with Crippen molar-refractivity contribution in [2.45, 2.75) is 51.0 Å². The molecule has 0 aromatic heterocycles. The highest BCUT2D eigenvalue weighted by Gasteiger charge is 2.39. The van der Waals surface area contributed by atoms with Gasteiger partial charge in [-0.2, -0.15) is 0 Å². The van der Waals surface area contributed by atoms with E-state index in [1.54, 1.807) is 7.11 Å². The highest BCUT2D eigenvalue weighted by molar-refractivity contribution is 7.97. The minimum absolute atomic E-state index is 0.000913. The molecule has 1 aliphatic carbocycles. The molecule has 6 heteroatoms.